The van der Waals surface area contributed by atoms with E-state index in [0.717, 1.165) is 25.7 Å². The molecule has 1 saturated carbocycles. The summed E-state index contributed by atoms with van der Waals surface area (Å²) in [7, 11) is 0. The van der Waals surface area contributed by atoms with Gasteiger partial charge in [0.2, 0.25) is 0 Å². The number of hydrogen-bond acceptors (Lipinski definition) is 2. The zero-order chi connectivity index (χ0) is 17.0. The number of carboxylic acid groups (broad SMARTS) is 1. The number of carbonyl (C=O) groups is 1. The first-order chi connectivity index (χ1) is 11.6. The number of hydrogen-bond donors (Lipinski definition) is 2. The van der Waals surface area contributed by atoms with Crippen molar-refractivity contribution in [3.05, 3.63) is 71.8 Å². The number of aliphatic carboxylic acids is 1. The van der Waals surface area contributed by atoms with E-state index in [1.165, 1.54) is 11.1 Å². The van der Waals surface area contributed by atoms with Gasteiger partial charge in [0.1, 0.15) is 0 Å². The van der Waals surface area contributed by atoms with Gasteiger partial charge in [-0.15, -0.1) is 0 Å². The van der Waals surface area contributed by atoms with E-state index in [1.807, 2.05) is 12.1 Å². The Morgan fingerprint density at radius 2 is 1.38 bits per heavy atom. The zero-order valence-electron chi connectivity index (χ0n) is 14.1. The van der Waals surface area contributed by atoms with Gasteiger partial charge in [0.25, 0.3) is 0 Å². The van der Waals surface area contributed by atoms with Crippen LogP contribution in [0.3, 0.4) is 0 Å². The molecule has 0 aliphatic heterocycles. The molecule has 3 heteroatoms. The van der Waals surface area contributed by atoms with Crippen LogP contribution < -0.4 is 5.32 Å². The molecule has 0 amide bonds. The highest BCUT2D eigenvalue weighted by Crippen LogP contribution is 2.33. The molecule has 0 radical (unpaired) electrons. The summed E-state index contributed by atoms with van der Waals surface area (Å²) >= 11 is 0. The molecule has 0 saturated heterocycles. The van der Waals surface area contributed by atoms with E-state index in [9.17, 15) is 9.90 Å². The lowest BCUT2D eigenvalue weighted by atomic mass is 9.80. The summed E-state index contributed by atoms with van der Waals surface area (Å²) in [5.41, 5.74) is 2.19. The second-order valence-corrected chi connectivity index (χ2v) is 6.89. The van der Waals surface area contributed by atoms with E-state index >= 15 is 0 Å². The number of benzene rings is 2. The van der Waals surface area contributed by atoms with Crippen LogP contribution >= 0.6 is 0 Å². The maximum absolute atomic E-state index is 11.2. The molecule has 0 heterocycles. The minimum atomic E-state index is -0.651. The largest absolute Gasteiger partial charge is 0.481 e. The van der Waals surface area contributed by atoms with Crippen molar-refractivity contribution >= 4 is 5.97 Å². The Kier molecular flexibility index (Phi) is 5.00. The third-order valence-electron chi connectivity index (χ3n) is 5.27. The second-order valence-electron chi connectivity index (χ2n) is 6.89. The van der Waals surface area contributed by atoms with E-state index in [2.05, 4.69) is 60.8 Å². The summed E-state index contributed by atoms with van der Waals surface area (Å²) in [5, 5.41) is 13.0. The molecule has 2 aromatic rings. The van der Waals surface area contributed by atoms with E-state index in [-0.39, 0.29) is 11.5 Å². The van der Waals surface area contributed by atoms with Gasteiger partial charge in [-0.25, -0.2) is 0 Å². The van der Waals surface area contributed by atoms with E-state index in [0.29, 0.717) is 6.04 Å². The predicted octanol–water partition coefficient (Wildman–Crippen LogP) is 4.18. The standard InChI is InChI=1S/C21H25NO2/c1-21(17-8-4-2-5-9-17,18-10-6-3-7-11-18)22-19-14-12-16(13-15-19)20(23)24/h2-11,16,19,22H,12-15H2,1H3,(H,23,24). The average molecular weight is 323 g/mol. The van der Waals surface area contributed by atoms with Crippen LogP contribution in [-0.2, 0) is 10.3 Å². The first kappa shape index (κ1) is 16.7. The maximum atomic E-state index is 11.2. The molecule has 3 nitrogen and oxygen atoms in total. The predicted molar refractivity (Wildman–Crippen MR) is 95.9 cm³/mol. The highest BCUT2D eigenvalue weighted by Gasteiger charge is 2.34. The Morgan fingerprint density at radius 3 is 1.79 bits per heavy atom. The number of carboxylic acids is 1. The molecule has 3 rings (SSSR count). The molecule has 126 valence electrons. The quantitative estimate of drug-likeness (QED) is 0.867. The second kappa shape index (κ2) is 7.18. The van der Waals surface area contributed by atoms with Crippen LogP contribution in [0.4, 0.5) is 0 Å². The first-order valence-electron chi connectivity index (χ1n) is 8.71. The topological polar surface area (TPSA) is 49.3 Å². The monoisotopic (exact) mass is 323 g/mol. The van der Waals surface area contributed by atoms with Gasteiger partial charge in [0.15, 0.2) is 0 Å². The minimum absolute atomic E-state index is 0.178. The molecule has 2 N–H and O–H groups in total. The van der Waals surface area contributed by atoms with Crippen LogP contribution in [0.2, 0.25) is 0 Å². The summed E-state index contributed by atoms with van der Waals surface area (Å²) in [5.74, 6) is -0.829. The van der Waals surface area contributed by atoms with Gasteiger partial charge in [-0.2, -0.15) is 0 Å². The molecule has 0 bridgehead atoms. The van der Waals surface area contributed by atoms with Crippen molar-refractivity contribution in [2.45, 2.75) is 44.2 Å². The lowest BCUT2D eigenvalue weighted by Gasteiger charge is -2.38. The Morgan fingerprint density at radius 1 is 0.917 bits per heavy atom. The fourth-order valence-electron chi connectivity index (χ4n) is 3.77. The first-order valence-corrected chi connectivity index (χ1v) is 8.71. The smallest absolute Gasteiger partial charge is 0.306 e. The normalized spacial score (nSPS) is 21.4. The van der Waals surface area contributed by atoms with Gasteiger partial charge in [-0.3, -0.25) is 4.79 Å². The number of nitrogens with one attached hydrogen (secondary N) is 1. The molecule has 0 aromatic heterocycles. The van der Waals surface area contributed by atoms with Gasteiger partial charge >= 0.3 is 5.97 Å². The van der Waals surface area contributed by atoms with Crippen LogP contribution in [0, 0.1) is 5.92 Å². The Labute approximate surface area is 143 Å². The van der Waals surface area contributed by atoms with Gasteiger partial charge in [0, 0.05) is 6.04 Å². The van der Waals surface area contributed by atoms with Crippen molar-refractivity contribution < 1.29 is 9.90 Å². The van der Waals surface area contributed by atoms with Crippen molar-refractivity contribution in [3.8, 4) is 0 Å². The van der Waals surface area contributed by atoms with Crippen LogP contribution in [0.25, 0.3) is 0 Å². The lowest BCUT2D eigenvalue weighted by Crippen LogP contribution is -2.48. The Hall–Kier alpha value is -2.13. The summed E-state index contributed by atoms with van der Waals surface area (Å²) in [6, 6.07) is 21.3. The van der Waals surface area contributed by atoms with Crippen molar-refractivity contribution in [3.63, 3.8) is 0 Å². The summed E-state index contributed by atoms with van der Waals surface area (Å²) in [6.45, 7) is 2.22. The molecule has 0 atom stereocenters. The van der Waals surface area contributed by atoms with E-state index < -0.39 is 5.97 Å². The Balaban J connectivity index is 1.83. The molecule has 1 aliphatic carbocycles. The van der Waals surface area contributed by atoms with Crippen molar-refractivity contribution in [1.82, 2.24) is 5.32 Å². The molecule has 0 unspecified atom stereocenters. The zero-order valence-corrected chi connectivity index (χ0v) is 14.1. The fraction of sp³-hybridized carbons (Fsp3) is 0.381. The van der Waals surface area contributed by atoms with Crippen LogP contribution in [0.5, 0.6) is 0 Å². The lowest BCUT2D eigenvalue weighted by molar-refractivity contribution is -0.142. The molecule has 0 spiro atoms. The van der Waals surface area contributed by atoms with E-state index in [4.69, 9.17) is 0 Å². The molecule has 2 aromatic carbocycles. The third kappa shape index (κ3) is 3.51. The van der Waals surface area contributed by atoms with Crippen LogP contribution in [-0.4, -0.2) is 17.1 Å². The van der Waals surface area contributed by atoms with Crippen molar-refractivity contribution in [2.75, 3.05) is 0 Å². The summed E-state index contributed by atoms with van der Waals surface area (Å²) < 4.78 is 0. The van der Waals surface area contributed by atoms with Gasteiger partial charge < -0.3 is 10.4 Å². The highest BCUT2D eigenvalue weighted by molar-refractivity contribution is 5.70. The van der Waals surface area contributed by atoms with Crippen molar-refractivity contribution in [2.24, 2.45) is 5.92 Å². The SMILES string of the molecule is CC(NC1CCC(C(=O)O)CC1)(c1ccccc1)c1ccccc1. The molecule has 24 heavy (non-hydrogen) atoms. The maximum Gasteiger partial charge on any atom is 0.306 e. The summed E-state index contributed by atoms with van der Waals surface area (Å²) in [6.07, 6.45) is 3.33. The van der Waals surface area contributed by atoms with Gasteiger partial charge in [-0.05, 0) is 43.7 Å². The number of rotatable bonds is 5. The van der Waals surface area contributed by atoms with Crippen LogP contribution in [0.15, 0.2) is 60.7 Å². The Bertz CT molecular complexity index is 621. The molecular formula is C21H25NO2. The summed E-state index contributed by atoms with van der Waals surface area (Å²) in [4.78, 5) is 11.2. The molecular weight excluding hydrogens is 298 g/mol. The van der Waals surface area contributed by atoms with Gasteiger partial charge in [0.05, 0.1) is 11.5 Å². The fourth-order valence-corrected chi connectivity index (χ4v) is 3.77. The minimum Gasteiger partial charge on any atom is -0.481 e. The van der Waals surface area contributed by atoms with E-state index in [1.54, 1.807) is 0 Å². The highest BCUT2D eigenvalue weighted by atomic mass is 16.4. The molecule has 1 fully saturated rings. The van der Waals surface area contributed by atoms with Crippen LogP contribution in [0.1, 0.15) is 43.7 Å². The van der Waals surface area contributed by atoms with Gasteiger partial charge in [-0.1, -0.05) is 60.7 Å². The molecule has 1 aliphatic rings. The average Bonchev–Trinajstić information content (AvgIpc) is 2.63. The third-order valence-corrected chi connectivity index (χ3v) is 5.27. The van der Waals surface area contributed by atoms with Crippen molar-refractivity contribution in [1.29, 1.82) is 0 Å².